The number of H-pyrrole nitrogens is 1. The Balaban J connectivity index is 2.43. The molecule has 0 saturated heterocycles. The van der Waals surface area contributed by atoms with Gasteiger partial charge in [-0.15, -0.1) is 0 Å². The number of aromatic amines is 1. The topological polar surface area (TPSA) is 93.2 Å². The van der Waals surface area contributed by atoms with Gasteiger partial charge in [0.05, 0.1) is 18.5 Å². The number of nitrogens with one attached hydrogen (secondary N) is 2. The lowest BCUT2D eigenvalue weighted by Crippen LogP contribution is -2.36. The maximum absolute atomic E-state index is 11.8. The third-order valence-corrected chi connectivity index (χ3v) is 2.82. The lowest BCUT2D eigenvalue weighted by atomic mass is 10.2. The molecule has 0 aliphatic carbocycles. The Morgan fingerprint density at radius 3 is 2.71 bits per heavy atom. The van der Waals surface area contributed by atoms with Gasteiger partial charge in [0.15, 0.2) is 0 Å². The van der Waals surface area contributed by atoms with Crippen LogP contribution in [0.25, 0.3) is 0 Å². The highest BCUT2D eigenvalue weighted by Crippen LogP contribution is 2.12. The molecule has 2 N–H and O–H groups in total. The molecule has 0 spiro atoms. The van der Waals surface area contributed by atoms with Crippen LogP contribution in [0.4, 0.5) is 5.69 Å². The van der Waals surface area contributed by atoms with Gasteiger partial charge in [-0.1, -0.05) is 18.2 Å². The quantitative estimate of drug-likeness (QED) is 0.816. The number of rotatable bonds is 4. The number of hydrogen-bond acceptors (Lipinski definition) is 5. The predicted molar refractivity (Wildman–Crippen MR) is 77.5 cm³/mol. The van der Waals surface area contributed by atoms with E-state index in [9.17, 15) is 14.4 Å². The summed E-state index contributed by atoms with van der Waals surface area (Å²) in [7, 11) is 0. The number of aryl methyl sites for hydroxylation is 1. The van der Waals surface area contributed by atoms with E-state index in [1.807, 2.05) is 19.1 Å². The molecule has 2 rings (SSSR count). The largest absolute Gasteiger partial charge is 0.462 e. The first-order valence-electron chi connectivity index (χ1n) is 6.38. The molecule has 1 heterocycles. The standard InChI is InChI=1S/C14H15N3O4/c1-3-21-13(19)10-8-17(14(20)15-12(10)18)16-11-7-5-4-6-9(11)2/h4-8,16H,3H2,1-2H3,(H,15,18,20). The highest BCUT2D eigenvalue weighted by molar-refractivity contribution is 5.88. The second kappa shape index (κ2) is 6.08. The highest BCUT2D eigenvalue weighted by Gasteiger charge is 2.14. The third-order valence-electron chi connectivity index (χ3n) is 2.82. The van der Waals surface area contributed by atoms with E-state index in [0.29, 0.717) is 5.69 Å². The lowest BCUT2D eigenvalue weighted by Gasteiger charge is -2.12. The number of carbonyl (C=O) groups excluding carboxylic acids is 1. The molecule has 0 bridgehead atoms. The Kier molecular flexibility index (Phi) is 4.22. The lowest BCUT2D eigenvalue weighted by molar-refractivity contribution is 0.0523. The Morgan fingerprint density at radius 2 is 2.05 bits per heavy atom. The van der Waals surface area contributed by atoms with E-state index in [-0.39, 0.29) is 12.2 Å². The van der Waals surface area contributed by atoms with Crippen LogP contribution in [-0.2, 0) is 4.74 Å². The van der Waals surface area contributed by atoms with Gasteiger partial charge in [0.1, 0.15) is 5.56 Å². The third kappa shape index (κ3) is 3.19. The summed E-state index contributed by atoms with van der Waals surface area (Å²) in [5.41, 5.74) is 2.74. The van der Waals surface area contributed by atoms with E-state index in [0.717, 1.165) is 16.4 Å². The Labute approximate surface area is 120 Å². The van der Waals surface area contributed by atoms with E-state index in [2.05, 4.69) is 10.4 Å². The molecule has 7 heteroatoms. The van der Waals surface area contributed by atoms with Crippen molar-refractivity contribution in [1.29, 1.82) is 0 Å². The fourth-order valence-electron chi connectivity index (χ4n) is 1.74. The first-order chi connectivity index (χ1) is 10.0. The van der Waals surface area contributed by atoms with E-state index >= 15 is 0 Å². The van der Waals surface area contributed by atoms with Crippen LogP contribution in [0, 0.1) is 6.92 Å². The molecular weight excluding hydrogens is 274 g/mol. The average molecular weight is 289 g/mol. The number of nitrogens with zero attached hydrogens (tertiary/aromatic N) is 1. The van der Waals surface area contributed by atoms with Gasteiger partial charge < -0.3 is 4.74 Å². The molecule has 0 radical (unpaired) electrons. The molecule has 0 atom stereocenters. The molecule has 0 unspecified atom stereocenters. The van der Waals surface area contributed by atoms with Crippen molar-refractivity contribution in [1.82, 2.24) is 9.66 Å². The van der Waals surface area contributed by atoms with Crippen LogP contribution in [0.2, 0.25) is 0 Å². The van der Waals surface area contributed by atoms with Crippen LogP contribution in [0.5, 0.6) is 0 Å². The monoisotopic (exact) mass is 289 g/mol. The number of anilines is 1. The van der Waals surface area contributed by atoms with Crippen LogP contribution in [-0.4, -0.2) is 22.2 Å². The number of ether oxygens (including phenoxy) is 1. The van der Waals surface area contributed by atoms with Gasteiger partial charge >= 0.3 is 11.7 Å². The van der Waals surface area contributed by atoms with Crippen molar-refractivity contribution >= 4 is 11.7 Å². The maximum Gasteiger partial charge on any atom is 0.347 e. The number of para-hydroxylation sites is 1. The van der Waals surface area contributed by atoms with Crippen molar-refractivity contribution in [2.75, 3.05) is 12.0 Å². The van der Waals surface area contributed by atoms with Gasteiger partial charge in [-0.05, 0) is 25.5 Å². The summed E-state index contributed by atoms with van der Waals surface area (Å²) in [4.78, 5) is 37.1. The summed E-state index contributed by atoms with van der Waals surface area (Å²) < 4.78 is 5.81. The highest BCUT2D eigenvalue weighted by atomic mass is 16.5. The van der Waals surface area contributed by atoms with E-state index in [1.54, 1.807) is 19.1 Å². The van der Waals surface area contributed by atoms with Gasteiger partial charge in [-0.2, -0.15) is 0 Å². The Morgan fingerprint density at radius 1 is 1.33 bits per heavy atom. The van der Waals surface area contributed by atoms with E-state index < -0.39 is 17.2 Å². The molecule has 0 aliphatic heterocycles. The van der Waals surface area contributed by atoms with Crippen molar-refractivity contribution in [3.63, 3.8) is 0 Å². The smallest absolute Gasteiger partial charge is 0.347 e. The van der Waals surface area contributed by atoms with E-state index in [4.69, 9.17) is 4.74 Å². The van der Waals surface area contributed by atoms with Gasteiger partial charge in [0, 0.05) is 0 Å². The molecular formula is C14H15N3O4. The van der Waals surface area contributed by atoms with Gasteiger partial charge in [0.25, 0.3) is 5.56 Å². The molecule has 110 valence electrons. The number of hydrogen-bond donors (Lipinski definition) is 2. The van der Waals surface area contributed by atoms with Crippen molar-refractivity contribution in [3.8, 4) is 0 Å². The maximum atomic E-state index is 11.8. The number of aromatic nitrogens is 2. The predicted octanol–water partition coefficient (Wildman–Crippen LogP) is 0.897. The van der Waals surface area contributed by atoms with Crippen molar-refractivity contribution in [3.05, 3.63) is 62.4 Å². The number of benzene rings is 1. The Hall–Kier alpha value is -2.83. The van der Waals surface area contributed by atoms with Crippen molar-refractivity contribution in [2.24, 2.45) is 0 Å². The fraction of sp³-hybridized carbons (Fsp3) is 0.214. The molecule has 7 nitrogen and oxygen atoms in total. The van der Waals surface area contributed by atoms with Gasteiger partial charge in [0.2, 0.25) is 0 Å². The molecule has 0 fully saturated rings. The number of carbonyl (C=O) groups is 1. The second-order valence-electron chi connectivity index (χ2n) is 4.32. The Bertz CT molecular complexity index is 776. The first-order valence-corrected chi connectivity index (χ1v) is 6.38. The van der Waals surface area contributed by atoms with Crippen molar-refractivity contribution < 1.29 is 9.53 Å². The molecule has 1 aromatic carbocycles. The molecule has 0 amide bonds. The molecule has 21 heavy (non-hydrogen) atoms. The summed E-state index contributed by atoms with van der Waals surface area (Å²) in [6.45, 7) is 3.64. The minimum Gasteiger partial charge on any atom is -0.462 e. The van der Waals surface area contributed by atoms with E-state index in [1.165, 1.54) is 0 Å². The van der Waals surface area contributed by atoms with Gasteiger partial charge in [-0.25, -0.2) is 14.3 Å². The normalized spacial score (nSPS) is 10.2. The summed E-state index contributed by atoms with van der Waals surface area (Å²) in [6, 6.07) is 7.31. The zero-order valence-electron chi connectivity index (χ0n) is 11.7. The van der Waals surface area contributed by atoms with Gasteiger partial charge in [-0.3, -0.25) is 15.2 Å². The SMILES string of the molecule is CCOC(=O)c1cn(Nc2ccccc2C)c(=O)[nH]c1=O. The van der Waals surface area contributed by atoms with Crippen molar-refractivity contribution in [2.45, 2.75) is 13.8 Å². The summed E-state index contributed by atoms with van der Waals surface area (Å²) in [6.07, 6.45) is 1.13. The van der Waals surface area contributed by atoms with Crippen LogP contribution < -0.4 is 16.7 Å². The van der Waals surface area contributed by atoms with Crippen LogP contribution in [0.1, 0.15) is 22.8 Å². The summed E-state index contributed by atoms with van der Waals surface area (Å²) in [5, 5.41) is 0. The molecule has 1 aromatic heterocycles. The summed E-state index contributed by atoms with van der Waals surface area (Å²) >= 11 is 0. The summed E-state index contributed by atoms with van der Waals surface area (Å²) in [5.74, 6) is -0.779. The molecule has 0 aliphatic rings. The number of esters is 1. The van der Waals surface area contributed by atoms with Crippen LogP contribution >= 0.6 is 0 Å². The zero-order chi connectivity index (χ0) is 15.4. The zero-order valence-corrected chi connectivity index (χ0v) is 11.7. The minimum absolute atomic E-state index is 0.141. The average Bonchev–Trinajstić information content (AvgIpc) is 2.44. The fourth-order valence-corrected chi connectivity index (χ4v) is 1.74. The molecule has 2 aromatic rings. The first kappa shape index (κ1) is 14.6. The van der Waals surface area contributed by atoms with Crippen LogP contribution in [0.15, 0.2) is 40.1 Å². The molecule has 0 saturated carbocycles. The second-order valence-corrected chi connectivity index (χ2v) is 4.32. The van der Waals surface area contributed by atoms with Crippen LogP contribution in [0.3, 0.4) is 0 Å². The minimum atomic E-state index is -0.779.